The van der Waals surface area contributed by atoms with Crippen molar-refractivity contribution in [3.8, 4) is 5.75 Å². The number of carbonyl (C=O) groups is 3. The number of amides is 1. The van der Waals surface area contributed by atoms with Gasteiger partial charge in [0.1, 0.15) is 11.7 Å². The Morgan fingerprint density at radius 3 is 2.45 bits per heavy atom. The van der Waals surface area contributed by atoms with Crippen molar-refractivity contribution in [1.82, 2.24) is 5.32 Å². The quantitative estimate of drug-likeness (QED) is 0.732. The Hall–Kier alpha value is -3.15. The molecule has 2 N–H and O–H groups in total. The Balaban J connectivity index is 2.11. The maximum Gasteiger partial charge on any atom is 0.311 e. The molecule has 2 aromatic carbocycles. The van der Waals surface area contributed by atoms with Crippen LogP contribution < -0.4 is 10.1 Å². The number of carbonyl (C=O) groups excluding carboxylic acids is 2. The lowest BCUT2D eigenvalue weighted by Crippen LogP contribution is -2.63. The maximum atomic E-state index is 14.0. The van der Waals surface area contributed by atoms with E-state index < -0.39 is 28.9 Å². The van der Waals surface area contributed by atoms with Crippen LogP contribution >= 0.6 is 0 Å². The van der Waals surface area contributed by atoms with Crippen molar-refractivity contribution in [2.45, 2.75) is 57.6 Å². The fourth-order valence-electron chi connectivity index (χ4n) is 5.29. The molecule has 0 radical (unpaired) electrons. The van der Waals surface area contributed by atoms with Gasteiger partial charge in [0.25, 0.3) is 0 Å². The molecule has 1 heterocycles. The molecule has 0 saturated carbocycles. The Morgan fingerprint density at radius 2 is 1.84 bits per heavy atom. The topological polar surface area (TPSA) is 92.7 Å². The highest BCUT2D eigenvalue weighted by atomic mass is 16.5. The van der Waals surface area contributed by atoms with Crippen LogP contribution in [0.2, 0.25) is 0 Å². The summed E-state index contributed by atoms with van der Waals surface area (Å²) in [5, 5.41) is 13.2. The summed E-state index contributed by atoms with van der Waals surface area (Å²) in [6.45, 7) is 7.34. The third kappa shape index (κ3) is 2.67. The molecule has 4 rings (SSSR count). The molecule has 162 valence electrons. The summed E-state index contributed by atoms with van der Waals surface area (Å²) in [7, 11) is 0. The highest BCUT2D eigenvalue weighted by Gasteiger charge is 2.74. The number of ketones is 1. The second-order valence-electron chi connectivity index (χ2n) is 8.73. The average molecular weight is 421 g/mol. The molecular formula is C25H27NO5. The molecule has 3 atom stereocenters. The van der Waals surface area contributed by atoms with Crippen LogP contribution in [0.25, 0.3) is 0 Å². The van der Waals surface area contributed by atoms with Crippen molar-refractivity contribution in [2.75, 3.05) is 0 Å². The van der Waals surface area contributed by atoms with Gasteiger partial charge in [-0.25, -0.2) is 0 Å². The highest BCUT2D eigenvalue weighted by molar-refractivity contribution is 6.13. The number of nitrogens with one attached hydrogen (secondary N) is 1. The molecule has 6 nitrogen and oxygen atoms in total. The zero-order chi connectivity index (χ0) is 22.6. The Bertz CT molecular complexity index is 1090. The molecule has 3 unspecified atom stereocenters. The molecule has 0 saturated heterocycles. The summed E-state index contributed by atoms with van der Waals surface area (Å²) in [5.74, 6) is -2.18. The van der Waals surface area contributed by atoms with Gasteiger partial charge in [-0.15, -0.1) is 0 Å². The summed E-state index contributed by atoms with van der Waals surface area (Å²) in [4.78, 5) is 39.0. The molecule has 1 aliphatic heterocycles. The number of fused-ring (bicyclic) bond motifs is 5. The average Bonchev–Trinajstić information content (AvgIpc) is 3.11. The monoisotopic (exact) mass is 421 g/mol. The second-order valence-corrected chi connectivity index (χ2v) is 8.73. The van der Waals surface area contributed by atoms with Gasteiger partial charge in [0.2, 0.25) is 5.91 Å². The Labute approximate surface area is 181 Å². The van der Waals surface area contributed by atoms with E-state index in [9.17, 15) is 19.5 Å². The van der Waals surface area contributed by atoms with E-state index in [-0.39, 0.29) is 11.7 Å². The summed E-state index contributed by atoms with van der Waals surface area (Å²) < 4.78 is 6.57. The third-order valence-corrected chi connectivity index (χ3v) is 6.55. The lowest BCUT2D eigenvalue weighted by Gasteiger charge is -2.42. The summed E-state index contributed by atoms with van der Waals surface area (Å²) in [6, 6.07) is 12.5. The fraction of sp³-hybridized carbons (Fsp3) is 0.400. The van der Waals surface area contributed by atoms with Crippen LogP contribution in [0.3, 0.4) is 0 Å². The number of benzene rings is 2. The zero-order valence-electron chi connectivity index (χ0n) is 18.2. The summed E-state index contributed by atoms with van der Waals surface area (Å²) in [6.07, 6.45) is 0.880. The Kier molecular flexibility index (Phi) is 4.91. The molecule has 2 aromatic rings. The molecule has 6 heteroatoms. The smallest absolute Gasteiger partial charge is 0.311 e. The SMILES string of the molecule is CCCC(C(=O)O)C12Oc3cc(C(C)C)ccc3C1(NC(C)=O)C(=O)c1ccccc12. The van der Waals surface area contributed by atoms with Crippen molar-refractivity contribution in [3.63, 3.8) is 0 Å². The van der Waals surface area contributed by atoms with Crippen LogP contribution in [-0.4, -0.2) is 22.8 Å². The summed E-state index contributed by atoms with van der Waals surface area (Å²) in [5.41, 5.74) is -0.780. The van der Waals surface area contributed by atoms with E-state index in [1.54, 1.807) is 30.3 Å². The number of ether oxygens (including phenoxy) is 1. The first kappa shape index (κ1) is 21.1. The number of rotatable bonds is 6. The van der Waals surface area contributed by atoms with Gasteiger partial charge in [0.15, 0.2) is 16.9 Å². The standard InChI is InChI=1S/C25H27NO5/c1-5-8-20(23(29)30)25-18-10-7-6-9-17(18)22(28)24(25,26-15(4)27)19-12-11-16(14(2)3)13-21(19)31-25/h6-7,9-14,20H,5,8H2,1-4H3,(H,26,27)(H,29,30). The molecule has 0 aromatic heterocycles. The first-order valence-electron chi connectivity index (χ1n) is 10.7. The molecular weight excluding hydrogens is 394 g/mol. The Morgan fingerprint density at radius 1 is 1.13 bits per heavy atom. The first-order chi connectivity index (χ1) is 14.7. The van der Waals surface area contributed by atoms with E-state index in [1.165, 1.54) is 6.92 Å². The minimum atomic E-state index is -1.63. The predicted octanol–water partition coefficient (Wildman–Crippen LogP) is 4.13. The lowest BCUT2D eigenvalue weighted by molar-refractivity contribution is -0.155. The lowest BCUT2D eigenvalue weighted by atomic mass is 9.67. The normalized spacial score (nSPS) is 24.2. The van der Waals surface area contributed by atoms with Gasteiger partial charge in [-0.3, -0.25) is 14.4 Å². The van der Waals surface area contributed by atoms with Gasteiger partial charge in [-0.1, -0.05) is 63.6 Å². The van der Waals surface area contributed by atoms with Gasteiger partial charge in [-0.05, 0) is 24.0 Å². The molecule has 2 aliphatic rings. The molecule has 1 amide bonds. The number of carboxylic acids is 1. The highest BCUT2D eigenvalue weighted by Crippen LogP contribution is 2.63. The van der Waals surface area contributed by atoms with Gasteiger partial charge >= 0.3 is 5.97 Å². The first-order valence-corrected chi connectivity index (χ1v) is 10.7. The van der Waals surface area contributed by atoms with E-state index in [0.29, 0.717) is 35.3 Å². The van der Waals surface area contributed by atoms with E-state index in [2.05, 4.69) is 19.2 Å². The van der Waals surface area contributed by atoms with Crippen molar-refractivity contribution in [3.05, 3.63) is 64.7 Å². The zero-order valence-corrected chi connectivity index (χ0v) is 18.2. The molecule has 0 spiro atoms. The number of carboxylic acid groups (broad SMARTS) is 1. The fourth-order valence-corrected chi connectivity index (χ4v) is 5.29. The minimum Gasteiger partial charge on any atom is -0.481 e. The molecule has 0 fully saturated rings. The van der Waals surface area contributed by atoms with Crippen molar-refractivity contribution < 1.29 is 24.2 Å². The molecule has 1 aliphatic carbocycles. The van der Waals surface area contributed by atoms with E-state index in [0.717, 1.165) is 5.56 Å². The van der Waals surface area contributed by atoms with Crippen molar-refractivity contribution >= 4 is 17.7 Å². The number of hydrogen-bond acceptors (Lipinski definition) is 4. The summed E-state index contributed by atoms with van der Waals surface area (Å²) >= 11 is 0. The van der Waals surface area contributed by atoms with E-state index in [1.807, 2.05) is 19.1 Å². The predicted molar refractivity (Wildman–Crippen MR) is 115 cm³/mol. The number of aliphatic carboxylic acids is 1. The third-order valence-electron chi connectivity index (χ3n) is 6.55. The van der Waals surface area contributed by atoms with Crippen LogP contribution in [0.4, 0.5) is 0 Å². The van der Waals surface area contributed by atoms with Gasteiger partial charge in [0.05, 0.1) is 0 Å². The van der Waals surface area contributed by atoms with Crippen molar-refractivity contribution in [2.24, 2.45) is 5.92 Å². The maximum absolute atomic E-state index is 14.0. The number of hydrogen-bond donors (Lipinski definition) is 2. The largest absolute Gasteiger partial charge is 0.481 e. The molecule has 0 bridgehead atoms. The van der Waals surface area contributed by atoms with Gasteiger partial charge < -0.3 is 15.2 Å². The van der Waals surface area contributed by atoms with Gasteiger partial charge in [-0.2, -0.15) is 0 Å². The van der Waals surface area contributed by atoms with Crippen LogP contribution in [0.1, 0.15) is 73.5 Å². The number of Topliss-reactive ketones (excluding diaryl/α,β-unsaturated/α-hetero) is 1. The van der Waals surface area contributed by atoms with Crippen LogP contribution in [0.15, 0.2) is 42.5 Å². The van der Waals surface area contributed by atoms with Gasteiger partial charge in [0, 0.05) is 23.6 Å². The van der Waals surface area contributed by atoms with Crippen molar-refractivity contribution in [1.29, 1.82) is 0 Å². The van der Waals surface area contributed by atoms with Crippen LogP contribution in [0.5, 0.6) is 5.75 Å². The molecule has 31 heavy (non-hydrogen) atoms. The van der Waals surface area contributed by atoms with Crippen LogP contribution in [-0.2, 0) is 20.7 Å². The minimum absolute atomic E-state index is 0.218. The second kappa shape index (κ2) is 7.22. The van der Waals surface area contributed by atoms with Crippen LogP contribution in [0, 0.1) is 5.92 Å². The van der Waals surface area contributed by atoms with E-state index in [4.69, 9.17) is 4.74 Å². The van der Waals surface area contributed by atoms with E-state index >= 15 is 0 Å².